The Kier molecular flexibility index (Phi) is 7.64. The van der Waals surface area contributed by atoms with Gasteiger partial charge in [0.05, 0.1) is 14.2 Å². The molecule has 4 aromatic rings. The number of ether oxygens (including phenoxy) is 3. The van der Waals surface area contributed by atoms with Gasteiger partial charge < -0.3 is 14.2 Å². The topological polar surface area (TPSA) is 143 Å². The predicted molar refractivity (Wildman–Crippen MR) is 136 cm³/mol. The number of nitrogens with one attached hydrogen (secondary N) is 1. The van der Waals surface area contributed by atoms with Gasteiger partial charge in [0.25, 0.3) is 0 Å². The fourth-order valence-corrected chi connectivity index (χ4v) is 4.85. The minimum atomic E-state index is -4.10. The van der Waals surface area contributed by atoms with Crippen molar-refractivity contribution in [3.63, 3.8) is 0 Å². The molecule has 12 nitrogen and oxygen atoms in total. The molecule has 0 spiro atoms. The van der Waals surface area contributed by atoms with Gasteiger partial charge in [0.1, 0.15) is 34.2 Å². The van der Waals surface area contributed by atoms with Crippen molar-refractivity contribution in [2.24, 2.45) is 0 Å². The summed E-state index contributed by atoms with van der Waals surface area (Å²) in [6.07, 6.45) is 3.87. The Hall–Kier alpha value is -4.10. The standard InChI is InChI=1S/C24H27N7O5S/c1-15-13-26-22(27-14-15)21(36-5)16(2)37(32,33)30-24-29-28-23(17-9-6-7-12-25-17)31(24)20-18(34-3)10-8-11-19(20)35-4/h6-14,16,21H,1-5H3,(H,29,30). The van der Waals surface area contributed by atoms with Crippen LogP contribution in [0.3, 0.4) is 0 Å². The first-order chi connectivity index (χ1) is 17.8. The zero-order valence-corrected chi connectivity index (χ0v) is 21.8. The van der Waals surface area contributed by atoms with E-state index in [0.717, 1.165) is 5.56 Å². The number of methoxy groups -OCH3 is 3. The normalized spacial score (nSPS) is 13.1. The monoisotopic (exact) mass is 525 g/mol. The molecule has 0 aliphatic heterocycles. The van der Waals surface area contributed by atoms with Gasteiger partial charge in [-0.3, -0.25) is 14.3 Å². The highest BCUT2D eigenvalue weighted by molar-refractivity contribution is 7.93. The van der Waals surface area contributed by atoms with Gasteiger partial charge in [0.15, 0.2) is 11.6 Å². The molecule has 4 rings (SSSR count). The Labute approximate surface area is 214 Å². The van der Waals surface area contributed by atoms with Gasteiger partial charge in [-0.15, -0.1) is 10.2 Å². The van der Waals surface area contributed by atoms with Gasteiger partial charge in [-0.05, 0) is 43.7 Å². The summed E-state index contributed by atoms with van der Waals surface area (Å²) in [5, 5.41) is 7.31. The number of aryl methyl sites for hydroxylation is 1. The molecule has 0 saturated carbocycles. The minimum Gasteiger partial charge on any atom is -0.494 e. The molecule has 13 heteroatoms. The Balaban J connectivity index is 1.83. The molecular formula is C24H27N7O5S. The van der Waals surface area contributed by atoms with Crippen LogP contribution < -0.4 is 14.2 Å². The van der Waals surface area contributed by atoms with Gasteiger partial charge in [-0.1, -0.05) is 12.1 Å². The molecule has 2 atom stereocenters. The molecule has 1 aromatic carbocycles. The number of aromatic nitrogens is 6. The second-order valence-electron chi connectivity index (χ2n) is 8.04. The number of nitrogens with zero attached hydrogens (tertiary/aromatic N) is 6. The average Bonchev–Trinajstić information content (AvgIpc) is 3.32. The van der Waals surface area contributed by atoms with Crippen LogP contribution in [0, 0.1) is 6.92 Å². The fraction of sp³-hybridized carbons (Fsp3) is 0.292. The van der Waals surface area contributed by atoms with Crippen LogP contribution in [0.15, 0.2) is 55.0 Å². The first-order valence-corrected chi connectivity index (χ1v) is 12.8. The van der Waals surface area contributed by atoms with Crippen LogP contribution in [0.4, 0.5) is 5.95 Å². The summed E-state index contributed by atoms with van der Waals surface area (Å²) in [6, 6.07) is 10.5. The van der Waals surface area contributed by atoms with Crippen molar-refractivity contribution < 1.29 is 22.6 Å². The van der Waals surface area contributed by atoms with Gasteiger partial charge >= 0.3 is 0 Å². The van der Waals surface area contributed by atoms with Crippen molar-refractivity contribution in [2.75, 3.05) is 26.1 Å². The Morgan fingerprint density at radius 2 is 1.59 bits per heavy atom. The molecule has 3 aromatic heterocycles. The van der Waals surface area contributed by atoms with Gasteiger partial charge in [0.2, 0.25) is 16.0 Å². The van der Waals surface area contributed by atoms with Crippen LogP contribution in [0.5, 0.6) is 11.5 Å². The summed E-state index contributed by atoms with van der Waals surface area (Å²) in [5.41, 5.74) is 1.70. The lowest BCUT2D eigenvalue weighted by Gasteiger charge is -2.22. The molecule has 2 unspecified atom stereocenters. The summed E-state index contributed by atoms with van der Waals surface area (Å²) >= 11 is 0. The summed E-state index contributed by atoms with van der Waals surface area (Å²) in [7, 11) is 0.302. The van der Waals surface area contributed by atoms with Crippen LogP contribution in [0.2, 0.25) is 0 Å². The van der Waals surface area contributed by atoms with Gasteiger partial charge in [0, 0.05) is 25.7 Å². The smallest absolute Gasteiger partial charge is 0.243 e. The van der Waals surface area contributed by atoms with Crippen LogP contribution in [0.1, 0.15) is 24.4 Å². The summed E-state index contributed by atoms with van der Waals surface area (Å²) < 4.78 is 47.8. The lowest BCUT2D eigenvalue weighted by atomic mass is 10.2. The predicted octanol–water partition coefficient (Wildman–Crippen LogP) is 2.96. The quantitative estimate of drug-likeness (QED) is 0.328. The zero-order valence-electron chi connectivity index (χ0n) is 21.0. The average molecular weight is 526 g/mol. The number of rotatable bonds is 10. The van der Waals surface area contributed by atoms with Crippen LogP contribution in [0.25, 0.3) is 17.2 Å². The van der Waals surface area contributed by atoms with Crippen LogP contribution in [-0.2, 0) is 14.8 Å². The van der Waals surface area contributed by atoms with Crippen molar-refractivity contribution in [1.29, 1.82) is 0 Å². The third kappa shape index (κ3) is 5.22. The minimum absolute atomic E-state index is 0.0880. The van der Waals surface area contributed by atoms with Crippen LogP contribution in [-0.4, -0.2) is 64.7 Å². The first kappa shape index (κ1) is 26.0. The highest BCUT2D eigenvalue weighted by Gasteiger charge is 2.35. The molecule has 3 heterocycles. The molecule has 0 bridgehead atoms. The van der Waals surface area contributed by atoms with Crippen LogP contribution >= 0.6 is 0 Å². The Bertz CT molecular complexity index is 1440. The molecule has 0 aliphatic carbocycles. The van der Waals surface area contributed by atoms with E-state index in [9.17, 15) is 8.42 Å². The molecule has 1 N–H and O–H groups in total. The maximum atomic E-state index is 13.6. The fourth-order valence-electron chi connectivity index (χ4n) is 3.71. The summed E-state index contributed by atoms with van der Waals surface area (Å²) in [4.78, 5) is 12.8. The van der Waals surface area contributed by atoms with Gasteiger partial charge in [-0.25, -0.2) is 18.4 Å². The van der Waals surface area contributed by atoms with Crippen molar-refractivity contribution in [3.8, 4) is 28.7 Å². The number of pyridine rings is 1. The molecule has 0 amide bonds. The third-order valence-electron chi connectivity index (χ3n) is 5.64. The summed E-state index contributed by atoms with van der Waals surface area (Å²) in [5.74, 6) is 1.25. The Morgan fingerprint density at radius 3 is 2.16 bits per heavy atom. The number of hydrogen-bond acceptors (Lipinski definition) is 10. The molecule has 37 heavy (non-hydrogen) atoms. The van der Waals surface area contributed by atoms with E-state index < -0.39 is 21.4 Å². The van der Waals surface area contributed by atoms with E-state index in [1.54, 1.807) is 55.0 Å². The van der Waals surface area contributed by atoms with E-state index in [0.29, 0.717) is 22.9 Å². The molecular weight excluding hydrogens is 498 g/mol. The SMILES string of the molecule is COc1cccc(OC)c1-n1c(NS(=O)(=O)C(C)C(OC)c2ncc(C)cn2)nnc1-c1ccccn1. The molecule has 194 valence electrons. The van der Waals surface area contributed by atoms with E-state index in [1.165, 1.54) is 32.8 Å². The van der Waals surface area contributed by atoms with Gasteiger partial charge in [-0.2, -0.15) is 0 Å². The molecule has 0 fully saturated rings. The lowest BCUT2D eigenvalue weighted by molar-refractivity contribution is 0.0949. The number of hydrogen-bond donors (Lipinski definition) is 1. The third-order valence-corrected chi connectivity index (χ3v) is 7.33. The second-order valence-corrected chi connectivity index (χ2v) is 10.1. The Morgan fingerprint density at radius 1 is 0.919 bits per heavy atom. The van der Waals surface area contributed by atoms with E-state index in [2.05, 4.69) is 29.9 Å². The largest absolute Gasteiger partial charge is 0.494 e. The molecule has 0 saturated heterocycles. The maximum absolute atomic E-state index is 13.6. The maximum Gasteiger partial charge on any atom is 0.243 e. The highest BCUT2D eigenvalue weighted by atomic mass is 32.2. The van der Waals surface area contributed by atoms with Crippen molar-refractivity contribution in [3.05, 3.63) is 66.4 Å². The number of benzene rings is 1. The first-order valence-electron chi connectivity index (χ1n) is 11.2. The number of para-hydroxylation sites is 1. The lowest BCUT2D eigenvalue weighted by Crippen LogP contribution is -2.33. The van der Waals surface area contributed by atoms with E-state index in [-0.39, 0.29) is 17.6 Å². The summed E-state index contributed by atoms with van der Waals surface area (Å²) in [6.45, 7) is 3.34. The molecule has 0 aliphatic rings. The van der Waals surface area contributed by atoms with Crippen molar-refractivity contribution in [1.82, 2.24) is 29.7 Å². The highest BCUT2D eigenvalue weighted by Crippen LogP contribution is 2.37. The number of sulfonamides is 1. The van der Waals surface area contributed by atoms with E-state index >= 15 is 0 Å². The zero-order chi connectivity index (χ0) is 26.6. The second kappa shape index (κ2) is 10.9. The van der Waals surface area contributed by atoms with Crippen molar-refractivity contribution >= 4 is 16.0 Å². The molecule has 0 radical (unpaired) electrons. The van der Waals surface area contributed by atoms with E-state index in [4.69, 9.17) is 14.2 Å². The van der Waals surface area contributed by atoms with E-state index in [1.807, 2.05) is 6.92 Å². The number of anilines is 1. The van der Waals surface area contributed by atoms with Crippen molar-refractivity contribution in [2.45, 2.75) is 25.2 Å².